The number of rotatable bonds is 8. The lowest BCUT2D eigenvalue weighted by atomic mass is 9.90. The standard InChI is InChI=1S/C19H27N3O3S/c1-19(2,3)17-15(11-13-5-7-14(25-4)8-6-13)26-18(22-17)21-16(24)12-20-9-10-23/h5-8,20,23H,9-12H2,1-4H3,(H,21,22,24). The molecule has 0 bridgehead atoms. The number of methoxy groups -OCH3 is 1. The van der Waals surface area contributed by atoms with Crippen LogP contribution in [0.3, 0.4) is 0 Å². The van der Waals surface area contributed by atoms with Crippen molar-refractivity contribution in [1.29, 1.82) is 0 Å². The minimum absolute atomic E-state index is 0.00468. The minimum atomic E-state index is -0.163. The Hall–Kier alpha value is -1.96. The van der Waals surface area contributed by atoms with E-state index in [2.05, 4.69) is 36.4 Å². The van der Waals surface area contributed by atoms with Gasteiger partial charge in [-0.2, -0.15) is 0 Å². The van der Waals surface area contributed by atoms with Crippen LogP contribution in [0.15, 0.2) is 24.3 Å². The van der Waals surface area contributed by atoms with Gasteiger partial charge in [0, 0.05) is 23.3 Å². The van der Waals surface area contributed by atoms with E-state index in [0.717, 1.165) is 22.7 Å². The zero-order valence-corrected chi connectivity index (χ0v) is 16.6. The third kappa shape index (κ3) is 5.79. The van der Waals surface area contributed by atoms with E-state index in [1.807, 2.05) is 24.3 Å². The van der Waals surface area contributed by atoms with Crippen LogP contribution in [0.4, 0.5) is 5.13 Å². The average molecular weight is 378 g/mol. The number of hydrogen-bond acceptors (Lipinski definition) is 6. The van der Waals surface area contributed by atoms with Gasteiger partial charge < -0.3 is 20.5 Å². The molecule has 0 aliphatic heterocycles. The summed E-state index contributed by atoms with van der Waals surface area (Å²) in [6.45, 7) is 6.90. The number of aromatic nitrogens is 1. The highest BCUT2D eigenvalue weighted by Crippen LogP contribution is 2.33. The van der Waals surface area contributed by atoms with E-state index in [-0.39, 0.29) is 24.5 Å². The molecule has 7 heteroatoms. The minimum Gasteiger partial charge on any atom is -0.497 e. The average Bonchev–Trinajstić information content (AvgIpc) is 2.98. The maximum atomic E-state index is 12.0. The van der Waals surface area contributed by atoms with E-state index in [1.165, 1.54) is 16.9 Å². The third-order valence-corrected chi connectivity index (χ3v) is 4.72. The number of aliphatic hydroxyl groups excluding tert-OH is 1. The van der Waals surface area contributed by atoms with E-state index in [9.17, 15) is 4.79 Å². The molecule has 1 amide bonds. The molecule has 0 radical (unpaired) electrons. The Kier molecular flexibility index (Phi) is 7.14. The second kappa shape index (κ2) is 9.12. The first-order valence-electron chi connectivity index (χ1n) is 8.58. The van der Waals surface area contributed by atoms with Crippen LogP contribution in [0.2, 0.25) is 0 Å². The Labute approximate surface area is 158 Å². The lowest BCUT2D eigenvalue weighted by Gasteiger charge is -2.17. The van der Waals surface area contributed by atoms with Gasteiger partial charge in [0.25, 0.3) is 0 Å². The van der Waals surface area contributed by atoms with E-state index < -0.39 is 0 Å². The SMILES string of the molecule is COc1ccc(Cc2sc(NC(=O)CNCCO)nc2C(C)(C)C)cc1. The smallest absolute Gasteiger partial charge is 0.240 e. The molecular formula is C19H27N3O3S. The number of aliphatic hydroxyl groups is 1. The molecule has 0 saturated carbocycles. The Morgan fingerprint density at radius 3 is 2.54 bits per heavy atom. The van der Waals surface area contributed by atoms with Crippen molar-refractivity contribution in [3.63, 3.8) is 0 Å². The number of nitrogens with zero attached hydrogens (tertiary/aromatic N) is 1. The fourth-order valence-electron chi connectivity index (χ4n) is 2.48. The van der Waals surface area contributed by atoms with Crippen molar-refractivity contribution in [1.82, 2.24) is 10.3 Å². The van der Waals surface area contributed by atoms with E-state index in [4.69, 9.17) is 9.84 Å². The number of hydrogen-bond donors (Lipinski definition) is 3. The Morgan fingerprint density at radius 2 is 1.96 bits per heavy atom. The molecule has 0 aliphatic carbocycles. The van der Waals surface area contributed by atoms with Gasteiger partial charge in [0.15, 0.2) is 5.13 Å². The molecule has 26 heavy (non-hydrogen) atoms. The largest absolute Gasteiger partial charge is 0.497 e. The summed E-state index contributed by atoms with van der Waals surface area (Å²) in [5.41, 5.74) is 2.05. The van der Waals surface area contributed by atoms with Gasteiger partial charge in [-0.3, -0.25) is 4.79 Å². The third-order valence-electron chi connectivity index (χ3n) is 3.75. The molecule has 3 N–H and O–H groups in total. The van der Waals surface area contributed by atoms with Gasteiger partial charge in [-0.05, 0) is 17.7 Å². The zero-order valence-electron chi connectivity index (χ0n) is 15.8. The lowest BCUT2D eigenvalue weighted by Crippen LogP contribution is -2.30. The number of anilines is 1. The van der Waals surface area contributed by atoms with Gasteiger partial charge >= 0.3 is 0 Å². The molecular weight excluding hydrogens is 350 g/mol. The molecule has 142 valence electrons. The van der Waals surface area contributed by atoms with Crippen LogP contribution in [-0.2, 0) is 16.6 Å². The number of nitrogens with one attached hydrogen (secondary N) is 2. The van der Waals surface area contributed by atoms with Crippen molar-refractivity contribution in [2.45, 2.75) is 32.6 Å². The van der Waals surface area contributed by atoms with Crippen LogP contribution in [-0.4, -0.2) is 42.8 Å². The number of benzene rings is 1. The fraction of sp³-hybridized carbons (Fsp3) is 0.474. The summed E-state index contributed by atoms with van der Waals surface area (Å²) < 4.78 is 5.21. The quantitative estimate of drug-likeness (QED) is 0.616. The van der Waals surface area contributed by atoms with Crippen LogP contribution in [0.1, 0.15) is 36.9 Å². The van der Waals surface area contributed by atoms with Gasteiger partial charge in [0.2, 0.25) is 5.91 Å². The van der Waals surface area contributed by atoms with Gasteiger partial charge in [-0.15, -0.1) is 11.3 Å². The molecule has 2 aromatic rings. The van der Waals surface area contributed by atoms with Gasteiger partial charge in [-0.1, -0.05) is 32.9 Å². The van der Waals surface area contributed by atoms with E-state index >= 15 is 0 Å². The van der Waals surface area contributed by atoms with Crippen molar-refractivity contribution in [3.05, 3.63) is 40.4 Å². The van der Waals surface area contributed by atoms with Gasteiger partial charge in [0.05, 0.1) is 26.0 Å². The summed E-state index contributed by atoms with van der Waals surface area (Å²) in [5, 5.41) is 15.1. The highest BCUT2D eigenvalue weighted by atomic mass is 32.1. The van der Waals surface area contributed by atoms with Gasteiger partial charge in [-0.25, -0.2) is 4.98 Å². The number of amides is 1. The van der Waals surface area contributed by atoms with Crippen molar-refractivity contribution in [3.8, 4) is 5.75 Å². The summed E-state index contributed by atoms with van der Waals surface area (Å²) in [4.78, 5) is 17.8. The second-order valence-corrected chi connectivity index (χ2v) is 8.10. The molecule has 0 unspecified atom stereocenters. The predicted molar refractivity (Wildman–Crippen MR) is 105 cm³/mol. The number of ether oxygens (including phenoxy) is 1. The highest BCUT2D eigenvalue weighted by molar-refractivity contribution is 7.15. The molecule has 1 aromatic carbocycles. The first-order valence-corrected chi connectivity index (χ1v) is 9.39. The van der Waals surface area contributed by atoms with Gasteiger partial charge in [0.1, 0.15) is 5.75 Å². The topological polar surface area (TPSA) is 83.5 Å². The second-order valence-electron chi connectivity index (χ2n) is 7.01. The molecule has 0 fully saturated rings. The van der Waals surface area contributed by atoms with Crippen LogP contribution in [0.5, 0.6) is 5.75 Å². The summed E-state index contributed by atoms with van der Waals surface area (Å²) in [7, 11) is 1.65. The maximum Gasteiger partial charge on any atom is 0.240 e. The Bertz CT molecular complexity index is 721. The molecule has 0 spiro atoms. The number of thiazole rings is 1. The Morgan fingerprint density at radius 1 is 1.27 bits per heavy atom. The van der Waals surface area contributed by atoms with Crippen molar-refractivity contribution >= 4 is 22.4 Å². The van der Waals surface area contributed by atoms with Crippen LogP contribution in [0.25, 0.3) is 0 Å². The molecule has 0 atom stereocenters. The first-order chi connectivity index (χ1) is 12.3. The van der Waals surface area contributed by atoms with E-state index in [1.54, 1.807) is 7.11 Å². The maximum absolute atomic E-state index is 12.0. The highest BCUT2D eigenvalue weighted by Gasteiger charge is 2.24. The van der Waals surface area contributed by atoms with Crippen LogP contribution in [0, 0.1) is 0 Å². The lowest BCUT2D eigenvalue weighted by molar-refractivity contribution is -0.115. The van der Waals surface area contributed by atoms with Crippen molar-refractivity contribution in [2.75, 3.05) is 32.1 Å². The molecule has 6 nitrogen and oxygen atoms in total. The summed E-state index contributed by atoms with van der Waals surface area (Å²) in [6.07, 6.45) is 0.757. The molecule has 1 heterocycles. The fourth-order valence-corrected chi connectivity index (χ4v) is 3.71. The van der Waals surface area contributed by atoms with Crippen molar-refractivity contribution in [2.24, 2.45) is 0 Å². The monoisotopic (exact) mass is 377 g/mol. The van der Waals surface area contributed by atoms with Crippen LogP contribution < -0.4 is 15.4 Å². The predicted octanol–water partition coefficient (Wildman–Crippen LogP) is 2.56. The molecule has 2 rings (SSSR count). The summed E-state index contributed by atoms with van der Waals surface area (Å²) in [6, 6.07) is 7.98. The molecule has 0 aliphatic rings. The first kappa shape index (κ1) is 20.4. The van der Waals surface area contributed by atoms with Crippen LogP contribution >= 0.6 is 11.3 Å². The molecule has 0 saturated heterocycles. The van der Waals surface area contributed by atoms with E-state index in [0.29, 0.717) is 11.7 Å². The number of carbonyl (C=O) groups excluding carboxylic acids is 1. The molecule has 1 aromatic heterocycles. The van der Waals surface area contributed by atoms with Crippen molar-refractivity contribution < 1.29 is 14.6 Å². The number of carbonyl (C=O) groups is 1. The summed E-state index contributed by atoms with van der Waals surface area (Å²) in [5.74, 6) is 0.668. The summed E-state index contributed by atoms with van der Waals surface area (Å²) >= 11 is 1.51. The zero-order chi connectivity index (χ0) is 19.2. The Balaban J connectivity index is 2.16. The normalized spacial score (nSPS) is 11.4.